The van der Waals surface area contributed by atoms with E-state index in [0.717, 1.165) is 0 Å². The summed E-state index contributed by atoms with van der Waals surface area (Å²) in [5.41, 5.74) is 0. The third-order valence-electron chi connectivity index (χ3n) is 2.96. The maximum atomic E-state index is 12.4. The summed E-state index contributed by atoms with van der Waals surface area (Å²) in [7, 11) is 0. The molecule has 0 saturated carbocycles. The van der Waals surface area contributed by atoms with Gasteiger partial charge in [0.2, 0.25) is 11.8 Å². The zero-order valence-corrected chi connectivity index (χ0v) is 10.5. The Morgan fingerprint density at radius 3 is 2.50 bits per heavy atom. The van der Waals surface area contributed by atoms with Crippen molar-refractivity contribution in [2.24, 2.45) is 5.92 Å². The van der Waals surface area contributed by atoms with E-state index in [9.17, 15) is 27.6 Å². The second kappa shape index (κ2) is 6.58. The van der Waals surface area contributed by atoms with Gasteiger partial charge in [-0.25, -0.2) is 0 Å². The normalized spacial score (nSPS) is 23.1. The Morgan fingerprint density at radius 2 is 2.00 bits per heavy atom. The summed E-state index contributed by atoms with van der Waals surface area (Å²) < 4.78 is 37.2. The summed E-state index contributed by atoms with van der Waals surface area (Å²) in [6, 6.07) is -1.91. The SMILES string of the molecule is O=C(O)CCCNC(=O)C1CCC(C(F)(F)F)NC1=O. The second-order valence-electron chi connectivity index (χ2n) is 4.52. The monoisotopic (exact) mass is 296 g/mol. The van der Waals surface area contributed by atoms with E-state index in [1.807, 2.05) is 0 Å². The van der Waals surface area contributed by atoms with Gasteiger partial charge >= 0.3 is 12.1 Å². The highest BCUT2D eigenvalue weighted by Gasteiger charge is 2.45. The van der Waals surface area contributed by atoms with Gasteiger partial charge in [0.15, 0.2) is 0 Å². The van der Waals surface area contributed by atoms with Crippen LogP contribution in [-0.2, 0) is 14.4 Å². The lowest BCUT2D eigenvalue weighted by molar-refractivity contribution is -0.171. The van der Waals surface area contributed by atoms with Crippen LogP contribution >= 0.6 is 0 Å². The number of rotatable bonds is 5. The van der Waals surface area contributed by atoms with Gasteiger partial charge in [-0.05, 0) is 19.3 Å². The number of alkyl halides is 3. The standard InChI is InChI=1S/C11H15F3N2O4/c12-11(13,14)7-4-3-6(10(20)16-7)9(19)15-5-1-2-8(17)18/h6-7H,1-5H2,(H,15,19)(H,16,20)(H,17,18). The van der Waals surface area contributed by atoms with Crippen LogP contribution in [0.4, 0.5) is 13.2 Å². The summed E-state index contributed by atoms with van der Waals surface area (Å²) in [6.45, 7) is 0.0671. The Balaban J connectivity index is 2.40. The van der Waals surface area contributed by atoms with Crippen molar-refractivity contribution in [1.82, 2.24) is 10.6 Å². The molecule has 0 aromatic rings. The number of carboxylic acids is 1. The molecule has 1 aliphatic rings. The van der Waals surface area contributed by atoms with Gasteiger partial charge in [0, 0.05) is 13.0 Å². The van der Waals surface area contributed by atoms with Gasteiger partial charge in [-0.2, -0.15) is 13.2 Å². The third-order valence-corrected chi connectivity index (χ3v) is 2.96. The van der Waals surface area contributed by atoms with Crippen LogP contribution in [0.2, 0.25) is 0 Å². The second-order valence-corrected chi connectivity index (χ2v) is 4.52. The van der Waals surface area contributed by atoms with Gasteiger partial charge in [0.25, 0.3) is 0 Å². The lowest BCUT2D eigenvalue weighted by atomic mass is 9.93. The molecule has 0 aromatic carbocycles. The molecule has 2 atom stereocenters. The minimum Gasteiger partial charge on any atom is -0.481 e. The molecule has 1 saturated heterocycles. The molecule has 9 heteroatoms. The average Bonchev–Trinajstić information content (AvgIpc) is 2.32. The molecule has 0 aromatic heterocycles. The van der Waals surface area contributed by atoms with Crippen molar-refractivity contribution < 1.29 is 32.7 Å². The fraction of sp³-hybridized carbons (Fsp3) is 0.727. The molecule has 1 rings (SSSR count). The highest BCUT2D eigenvalue weighted by molar-refractivity contribution is 6.00. The first-order chi connectivity index (χ1) is 9.21. The van der Waals surface area contributed by atoms with Crippen LogP contribution < -0.4 is 10.6 Å². The molecule has 0 radical (unpaired) electrons. The molecule has 0 bridgehead atoms. The van der Waals surface area contributed by atoms with Crippen LogP contribution in [0.15, 0.2) is 0 Å². The summed E-state index contributed by atoms with van der Waals surface area (Å²) in [4.78, 5) is 33.3. The lowest BCUT2D eigenvalue weighted by Crippen LogP contribution is -2.54. The van der Waals surface area contributed by atoms with Crippen molar-refractivity contribution in [2.45, 2.75) is 37.9 Å². The van der Waals surface area contributed by atoms with Crippen LogP contribution in [0.3, 0.4) is 0 Å². The predicted octanol–water partition coefficient (Wildman–Crippen LogP) is 0.424. The molecule has 20 heavy (non-hydrogen) atoms. The van der Waals surface area contributed by atoms with Crippen molar-refractivity contribution in [2.75, 3.05) is 6.54 Å². The van der Waals surface area contributed by atoms with E-state index in [0.29, 0.717) is 0 Å². The van der Waals surface area contributed by atoms with E-state index in [-0.39, 0.29) is 32.2 Å². The zero-order chi connectivity index (χ0) is 15.3. The third kappa shape index (κ3) is 4.71. The van der Waals surface area contributed by atoms with E-state index in [4.69, 9.17) is 5.11 Å². The smallest absolute Gasteiger partial charge is 0.408 e. The number of hydrogen-bond donors (Lipinski definition) is 3. The largest absolute Gasteiger partial charge is 0.481 e. The molecular formula is C11H15F3N2O4. The molecule has 0 aliphatic carbocycles. The fourth-order valence-corrected chi connectivity index (χ4v) is 1.88. The first kappa shape index (κ1) is 16.3. The number of carbonyl (C=O) groups excluding carboxylic acids is 2. The number of carboxylic acid groups (broad SMARTS) is 1. The van der Waals surface area contributed by atoms with Gasteiger partial charge in [0.1, 0.15) is 12.0 Å². The fourth-order valence-electron chi connectivity index (χ4n) is 1.88. The van der Waals surface area contributed by atoms with Crippen LogP contribution in [-0.4, -0.2) is 41.7 Å². The zero-order valence-electron chi connectivity index (χ0n) is 10.5. The molecule has 114 valence electrons. The predicted molar refractivity (Wildman–Crippen MR) is 60.6 cm³/mol. The van der Waals surface area contributed by atoms with Gasteiger partial charge < -0.3 is 15.7 Å². The highest BCUT2D eigenvalue weighted by atomic mass is 19.4. The Hall–Kier alpha value is -1.80. The van der Waals surface area contributed by atoms with Crippen molar-refractivity contribution in [3.63, 3.8) is 0 Å². The lowest BCUT2D eigenvalue weighted by Gasteiger charge is -2.29. The number of halogens is 3. The molecule has 1 fully saturated rings. The van der Waals surface area contributed by atoms with Crippen molar-refractivity contribution in [3.8, 4) is 0 Å². The van der Waals surface area contributed by atoms with E-state index in [1.165, 1.54) is 0 Å². The average molecular weight is 296 g/mol. The number of amides is 2. The van der Waals surface area contributed by atoms with Crippen molar-refractivity contribution in [3.05, 3.63) is 0 Å². The van der Waals surface area contributed by atoms with Gasteiger partial charge in [0.05, 0.1) is 0 Å². The molecular weight excluding hydrogens is 281 g/mol. The van der Waals surface area contributed by atoms with Crippen LogP contribution in [0.1, 0.15) is 25.7 Å². The summed E-state index contributed by atoms with van der Waals surface area (Å²) in [5, 5.41) is 12.5. The van der Waals surface area contributed by atoms with Gasteiger partial charge in [-0.1, -0.05) is 0 Å². The molecule has 3 N–H and O–H groups in total. The Kier molecular flexibility index (Phi) is 5.34. The molecule has 0 spiro atoms. The minimum absolute atomic E-state index is 0.0671. The molecule has 2 unspecified atom stereocenters. The van der Waals surface area contributed by atoms with Crippen molar-refractivity contribution in [1.29, 1.82) is 0 Å². The number of nitrogens with one attached hydrogen (secondary N) is 2. The maximum Gasteiger partial charge on any atom is 0.408 e. The Morgan fingerprint density at radius 1 is 1.35 bits per heavy atom. The quantitative estimate of drug-likeness (QED) is 0.506. The number of aliphatic carboxylic acids is 1. The topological polar surface area (TPSA) is 95.5 Å². The van der Waals surface area contributed by atoms with Gasteiger partial charge in [-0.15, -0.1) is 0 Å². The summed E-state index contributed by atoms with van der Waals surface area (Å²) >= 11 is 0. The first-order valence-electron chi connectivity index (χ1n) is 6.08. The van der Waals surface area contributed by atoms with E-state index >= 15 is 0 Å². The van der Waals surface area contributed by atoms with Crippen LogP contribution in [0.25, 0.3) is 0 Å². The van der Waals surface area contributed by atoms with Crippen molar-refractivity contribution >= 4 is 17.8 Å². The Bertz CT molecular complexity index is 398. The summed E-state index contributed by atoms with van der Waals surface area (Å²) in [5.74, 6) is -3.79. The first-order valence-corrected chi connectivity index (χ1v) is 6.08. The number of carbonyl (C=O) groups is 3. The van der Waals surface area contributed by atoms with E-state index < -0.39 is 35.9 Å². The Labute approximate surface area is 112 Å². The van der Waals surface area contributed by atoms with Crippen LogP contribution in [0, 0.1) is 5.92 Å². The molecule has 1 aliphatic heterocycles. The maximum absolute atomic E-state index is 12.4. The molecule has 2 amide bonds. The highest BCUT2D eigenvalue weighted by Crippen LogP contribution is 2.28. The van der Waals surface area contributed by atoms with E-state index in [2.05, 4.69) is 5.32 Å². The minimum atomic E-state index is -4.52. The number of hydrogen-bond acceptors (Lipinski definition) is 3. The van der Waals surface area contributed by atoms with E-state index in [1.54, 1.807) is 5.32 Å². The summed E-state index contributed by atoms with van der Waals surface area (Å²) in [6.07, 6.45) is -4.98. The van der Waals surface area contributed by atoms with Gasteiger partial charge in [-0.3, -0.25) is 14.4 Å². The number of piperidine rings is 1. The molecule has 1 heterocycles. The van der Waals surface area contributed by atoms with Crippen LogP contribution in [0.5, 0.6) is 0 Å². The molecule has 6 nitrogen and oxygen atoms in total.